The van der Waals surface area contributed by atoms with Crippen LogP contribution in [-0.4, -0.2) is 13.0 Å². The maximum atomic E-state index is 13.5. The van der Waals surface area contributed by atoms with Crippen molar-refractivity contribution in [1.82, 2.24) is 0 Å². The molecule has 0 heterocycles. The number of ether oxygens (including phenoxy) is 1. The number of anilines is 2. The molecular formula is C14H11F3N2O2. The van der Waals surface area contributed by atoms with Crippen LogP contribution in [-0.2, 0) is 0 Å². The van der Waals surface area contributed by atoms with Crippen LogP contribution in [0.3, 0.4) is 0 Å². The molecule has 0 bridgehead atoms. The molecule has 2 aromatic carbocycles. The summed E-state index contributed by atoms with van der Waals surface area (Å²) in [5.41, 5.74) is 5.25. The highest BCUT2D eigenvalue weighted by Gasteiger charge is 2.17. The molecule has 1 amide bonds. The number of nitrogens with one attached hydrogen (secondary N) is 1. The Morgan fingerprint density at radius 1 is 1.19 bits per heavy atom. The number of benzene rings is 2. The summed E-state index contributed by atoms with van der Waals surface area (Å²) in [5.74, 6) is -4.37. The third kappa shape index (κ3) is 3.07. The molecule has 0 aliphatic heterocycles. The van der Waals surface area contributed by atoms with Crippen LogP contribution in [0.15, 0.2) is 30.3 Å². The Labute approximate surface area is 118 Å². The summed E-state index contributed by atoms with van der Waals surface area (Å²) >= 11 is 0. The van der Waals surface area contributed by atoms with Gasteiger partial charge < -0.3 is 15.8 Å². The van der Waals surface area contributed by atoms with Gasteiger partial charge in [0, 0.05) is 17.8 Å². The summed E-state index contributed by atoms with van der Waals surface area (Å²) in [6.07, 6.45) is 0. The Morgan fingerprint density at radius 3 is 2.57 bits per heavy atom. The number of carbonyl (C=O) groups is 1. The van der Waals surface area contributed by atoms with E-state index in [1.165, 1.54) is 25.3 Å². The number of nitrogen functional groups attached to an aromatic ring is 1. The van der Waals surface area contributed by atoms with Gasteiger partial charge in [-0.3, -0.25) is 4.79 Å². The summed E-state index contributed by atoms with van der Waals surface area (Å²) in [6.45, 7) is 0. The van der Waals surface area contributed by atoms with E-state index in [9.17, 15) is 18.0 Å². The van der Waals surface area contributed by atoms with Crippen molar-refractivity contribution in [3.8, 4) is 5.75 Å². The maximum Gasteiger partial charge on any atom is 0.259 e. The molecule has 2 aromatic rings. The van der Waals surface area contributed by atoms with Crippen LogP contribution >= 0.6 is 0 Å². The minimum Gasteiger partial charge on any atom is -0.496 e. The van der Waals surface area contributed by atoms with Gasteiger partial charge in [0.05, 0.1) is 18.4 Å². The van der Waals surface area contributed by atoms with Crippen molar-refractivity contribution in [2.24, 2.45) is 0 Å². The number of nitrogens with two attached hydrogens (primary N) is 1. The van der Waals surface area contributed by atoms with E-state index in [0.29, 0.717) is 12.1 Å². The third-order valence-corrected chi connectivity index (χ3v) is 2.71. The minimum absolute atomic E-state index is 0.0153. The molecule has 0 spiro atoms. The van der Waals surface area contributed by atoms with Crippen molar-refractivity contribution >= 4 is 17.3 Å². The molecule has 0 radical (unpaired) electrons. The monoisotopic (exact) mass is 296 g/mol. The van der Waals surface area contributed by atoms with E-state index in [2.05, 4.69) is 5.32 Å². The molecule has 2 rings (SSSR count). The second-order valence-electron chi connectivity index (χ2n) is 4.16. The quantitative estimate of drug-likeness (QED) is 0.676. The van der Waals surface area contributed by atoms with Gasteiger partial charge in [-0.25, -0.2) is 13.2 Å². The van der Waals surface area contributed by atoms with Gasteiger partial charge in [-0.2, -0.15) is 0 Å². The van der Waals surface area contributed by atoms with Gasteiger partial charge in [-0.15, -0.1) is 0 Å². The fraction of sp³-hybridized carbons (Fsp3) is 0.0714. The summed E-state index contributed by atoms with van der Waals surface area (Å²) in [7, 11) is 1.34. The van der Waals surface area contributed by atoms with E-state index in [4.69, 9.17) is 10.5 Å². The van der Waals surface area contributed by atoms with Crippen LogP contribution in [0.5, 0.6) is 5.75 Å². The van der Waals surface area contributed by atoms with E-state index in [1.54, 1.807) is 0 Å². The lowest BCUT2D eigenvalue weighted by Gasteiger charge is -2.11. The molecule has 110 valence electrons. The average molecular weight is 296 g/mol. The Kier molecular flexibility index (Phi) is 4.02. The lowest BCUT2D eigenvalue weighted by molar-refractivity contribution is 0.102. The Bertz CT molecular complexity index is 705. The highest BCUT2D eigenvalue weighted by Crippen LogP contribution is 2.24. The van der Waals surface area contributed by atoms with E-state index in [0.717, 1.165) is 0 Å². The number of hydrogen-bond donors (Lipinski definition) is 2. The zero-order chi connectivity index (χ0) is 15.6. The van der Waals surface area contributed by atoms with Crippen LogP contribution in [0.4, 0.5) is 24.5 Å². The van der Waals surface area contributed by atoms with Crippen molar-refractivity contribution in [3.05, 3.63) is 53.3 Å². The molecule has 0 saturated carbocycles. The molecule has 4 nitrogen and oxygen atoms in total. The first-order valence-corrected chi connectivity index (χ1v) is 5.81. The molecular weight excluding hydrogens is 285 g/mol. The minimum atomic E-state index is -1.40. The van der Waals surface area contributed by atoms with Crippen LogP contribution < -0.4 is 15.8 Å². The zero-order valence-electron chi connectivity index (χ0n) is 10.9. The van der Waals surface area contributed by atoms with Crippen molar-refractivity contribution in [3.63, 3.8) is 0 Å². The van der Waals surface area contributed by atoms with E-state index in [1.807, 2.05) is 0 Å². The molecule has 3 N–H and O–H groups in total. The topological polar surface area (TPSA) is 64.3 Å². The van der Waals surface area contributed by atoms with Crippen LogP contribution in [0.25, 0.3) is 0 Å². The van der Waals surface area contributed by atoms with Crippen molar-refractivity contribution in [1.29, 1.82) is 0 Å². The number of amides is 1. The molecule has 0 aliphatic carbocycles. The molecule has 0 saturated heterocycles. The first-order chi connectivity index (χ1) is 9.92. The number of hydrogen-bond acceptors (Lipinski definition) is 3. The summed E-state index contributed by atoms with van der Waals surface area (Å²) in [5, 5.41) is 2.08. The standard InChI is InChI=1S/C14H11F3N2O2/c1-21-12-3-2-8(18)6-9(12)14(20)19-11-5-7(15)4-10(16)13(11)17/h2-6H,18H2,1H3,(H,19,20). The molecule has 0 aromatic heterocycles. The average Bonchev–Trinajstić information content (AvgIpc) is 2.44. The van der Waals surface area contributed by atoms with Crippen molar-refractivity contribution in [2.75, 3.05) is 18.2 Å². The molecule has 0 atom stereocenters. The number of halogens is 3. The number of methoxy groups -OCH3 is 1. The van der Waals surface area contributed by atoms with Crippen molar-refractivity contribution in [2.45, 2.75) is 0 Å². The predicted molar refractivity (Wildman–Crippen MR) is 71.7 cm³/mol. The third-order valence-electron chi connectivity index (χ3n) is 2.71. The molecule has 0 aliphatic rings. The molecule has 0 fully saturated rings. The second-order valence-corrected chi connectivity index (χ2v) is 4.16. The second kappa shape index (κ2) is 5.74. The smallest absolute Gasteiger partial charge is 0.259 e. The predicted octanol–water partition coefficient (Wildman–Crippen LogP) is 2.95. The van der Waals surface area contributed by atoms with Crippen LogP contribution in [0.1, 0.15) is 10.4 Å². The van der Waals surface area contributed by atoms with Gasteiger partial charge in [-0.05, 0) is 18.2 Å². The zero-order valence-corrected chi connectivity index (χ0v) is 10.9. The molecule has 21 heavy (non-hydrogen) atoms. The van der Waals surface area contributed by atoms with Crippen LogP contribution in [0, 0.1) is 17.5 Å². The SMILES string of the molecule is COc1ccc(N)cc1C(=O)Nc1cc(F)cc(F)c1F. The fourth-order valence-electron chi connectivity index (χ4n) is 1.74. The Morgan fingerprint density at radius 2 is 1.90 bits per heavy atom. The maximum absolute atomic E-state index is 13.5. The van der Waals surface area contributed by atoms with Gasteiger partial charge >= 0.3 is 0 Å². The first kappa shape index (κ1) is 14.7. The largest absolute Gasteiger partial charge is 0.496 e. The number of carbonyl (C=O) groups excluding carboxylic acids is 1. The molecule has 0 unspecified atom stereocenters. The first-order valence-electron chi connectivity index (χ1n) is 5.81. The Balaban J connectivity index is 2.37. The van der Waals surface area contributed by atoms with Crippen molar-refractivity contribution < 1.29 is 22.7 Å². The van der Waals surface area contributed by atoms with Gasteiger partial charge in [0.1, 0.15) is 11.6 Å². The summed E-state index contributed by atoms with van der Waals surface area (Å²) < 4.78 is 44.6. The lowest BCUT2D eigenvalue weighted by atomic mass is 10.1. The highest BCUT2D eigenvalue weighted by atomic mass is 19.2. The van der Waals surface area contributed by atoms with E-state index < -0.39 is 29.0 Å². The summed E-state index contributed by atoms with van der Waals surface area (Å²) in [4.78, 5) is 12.1. The normalized spacial score (nSPS) is 10.3. The highest BCUT2D eigenvalue weighted by molar-refractivity contribution is 6.06. The summed E-state index contributed by atoms with van der Waals surface area (Å²) in [6, 6.07) is 5.33. The van der Waals surface area contributed by atoms with Gasteiger partial charge in [0.25, 0.3) is 5.91 Å². The van der Waals surface area contributed by atoms with Crippen LogP contribution in [0.2, 0.25) is 0 Å². The van der Waals surface area contributed by atoms with E-state index in [-0.39, 0.29) is 17.0 Å². The molecule has 7 heteroatoms. The van der Waals surface area contributed by atoms with Gasteiger partial charge in [0.15, 0.2) is 11.6 Å². The van der Waals surface area contributed by atoms with Gasteiger partial charge in [0.2, 0.25) is 0 Å². The fourth-order valence-corrected chi connectivity index (χ4v) is 1.74. The van der Waals surface area contributed by atoms with Gasteiger partial charge in [-0.1, -0.05) is 0 Å². The lowest BCUT2D eigenvalue weighted by Crippen LogP contribution is -2.15. The Hall–Kier alpha value is -2.70. The van der Waals surface area contributed by atoms with E-state index >= 15 is 0 Å². The number of rotatable bonds is 3.